The first-order valence-electron chi connectivity index (χ1n) is 10.3. The molecule has 1 amide bonds. The van der Waals surface area contributed by atoms with Crippen molar-refractivity contribution in [3.8, 4) is 0 Å². The van der Waals surface area contributed by atoms with Crippen molar-refractivity contribution in [1.29, 1.82) is 0 Å². The van der Waals surface area contributed by atoms with Gasteiger partial charge in [-0.2, -0.15) is 0 Å². The van der Waals surface area contributed by atoms with Crippen LogP contribution in [0.2, 0.25) is 0 Å². The number of hydrogen-bond donors (Lipinski definition) is 1. The fourth-order valence-corrected chi connectivity index (χ4v) is 3.89. The number of carbonyl (C=O) groups excluding carboxylic acids is 1. The maximum Gasteiger partial charge on any atom is 0.273 e. The minimum atomic E-state index is -0.257. The number of rotatable bonds is 6. The third-order valence-electron chi connectivity index (χ3n) is 5.78. The number of amides is 1. The van der Waals surface area contributed by atoms with Crippen molar-refractivity contribution < 1.29 is 9.21 Å². The van der Waals surface area contributed by atoms with Gasteiger partial charge in [-0.25, -0.2) is 15.0 Å². The van der Waals surface area contributed by atoms with Gasteiger partial charge < -0.3 is 14.6 Å². The summed E-state index contributed by atoms with van der Waals surface area (Å²) in [7, 11) is 0. The molecule has 2 fully saturated rings. The predicted octanol–water partition coefficient (Wildman–Crippen LogP) is 2.21. The third-order valence-corrected chi connectivity index (χ3v) is 5.78. The molecule has 1 N–H and O–H groups in total. The average molecular weight is 404 g/mol. The van der Waals surface area contributed by atoms with Crippen LogP contribution < -0.4 is 10.2 Å². The Labute approximate surface area is 175 Å². The first kappa shape index (κ1) is 18.7. The number of carbonyl (C=O) groups is 1. The van der Waals surface area contributed by atoms with E-state index in [-0.39, 0.29) is 11.4 Å². The van der Waals surface area contributed by atoms with Gasteiger partial charge in [-0.15, -0.1) is 0 Å². The predicted molar refractivity (Wildman–Crippen MR) is 111 cm³/mol. The summed E-state index contributed by atoms with van der Waals surface area (Å²) < 4.78 is 5.59. The molecule has 154 valence electrons. The standard InChI is InChI=1S/C22H24N6O2/c29-20(26-22(7-8-22)17-5-2-1-3-6-17)18-16-30-19(25-18)15-27-11-13-28(14-12-27)21-23-9-4-10-24-21/h1-6,9-10,16H,7-8,11-15H2,(H,26,29). The number of hydrogen-bond acceptors (Lipinski definition) is 7. The molecule has 1 saturated heterocycles. The van der Waals surface area contributed by atoms with Crippen LogP contribution in [0.3, 0.4) is 0 Å². The zero-order valence-electron chi connectivity index (χ0n) is 16.7. The lowest BCUT2D eigenvalue weighted by Gasteiger charge is -2.33. The molecule has 3 aromatic rings. The van der Waals surface area contributed by atoms with E-state index >= 15 is 0 Å². The summed E-state index contributed by atoms with van der Waals surface area (Å²) >= 11 is 0. The van der Waals surface area contributed by atoms with E-state index in [1.54, 1.807) is 12.4 Å². The van der Waals surface area contributed by atoms with Crippen molar-refractivity contribution in [2.45, 2.75) is 24.9 Å². The zero-order valence-corrected chi connectivity index (χ0v) is 16.7. The van der Waals surface area contributed by atoms with Gasteiger partial charge in [-0.05, 0) is 24.5 Å². The Morgan fingerprint density at radius 1 is 1.03 bits per heavy atom. The number of oxazole rings is 1. The molecular weight excluding hydrogens is 380 g/mol. The Bertz CT molecular complexity index is 995. The number of benzene rings is 1. The minimum absolute atomic E-state index is 0.183. The molecule has 0 unspecified atom stereocenters. The highest BCUT2D eigenvalue weighted by Gasteiger charge is 2.46. The maximum absolute atomic E-state index is 12.7. The molecule has 0 radical (unpaired) electrons. The van der Waals surface area contributed by atoms with Crippen LogP contribution in [0, 0.1) is 0 Å². The van der Waals surface area contributed by atoms with E-state index < -0.39 is 0 Å². The molecule has 1 aliphatic heterocycles. The molecule has 1 saturated carbocycles. The second-order valence-electron chi connectivity index (χ2n) is 7.84. The normalized spacial score (nSPS) is 18.2. The van der Waals surface area contributed by atoms with Crippen molar-refractivity contribution in [2.24, 2.45) is 0 Å². The number of nitrogens with zero attached hydrogens (tertiary/aromatic N) is 5. The second kappa shape index (κ2) is 7.87. The molecule has 30 heavy (non-hydrogen) atoms. The molecule has 0 spiro atoms. The van der Waals surface area contributed by atoms with Crippen LogP contribution in [0.15, 0.2) is 59.5 Å². The lowest BCUT2D eigenvalue weighted by atomic mass is 10.1. The summed E-state index contributed by atoms with van der Waals surface area (Å²) in [5, 5.41) is 3.15. The third kappa shape index (κ3) is 3.91. The summed E-state index contributed by atoms with van der Waals surface area (Å²) in [6, 6.07) is 11.9. The van der Waals surface area contributed by atoms with Crippen LogP contribution in [-0.2, 0) is 12.1 Å². The van der Waals surface area contributed by atoms with Gasteiger partial charge in [0.05, 0.1) is 12.1 Å². The van der Waals surface area contributed by atoms with Crippen LogP contribution in [-0.4, -0.2) is 51.9 Å². The highest BCUT2D eigenvalue weighted by molar-refractivity contribution is 5.92. The molecule has 1 aromatic carbocycles. The fraction of sp³-hybridized carbons (Fsp3) is 0.364. The van der Waals surface area contributed by atoms with E-state index in [0.717, 1.165) is 50.5 Å². The van der Waals surface area contributed by atoms with Gasteiger partial charge in [-0.3, -0.25) is 9.69 Å². The molecule has 3 heterocycles. The zero-order chi connectivity index (χ0) is 20.4. The summed E-state index contributed by atoms with van der Waals surface area (Å²) in [5.41, 5.74) is 1.22. The van der Waals surface area contributed by atoms with Gasteiger partial charge >= 0.3 is 0 Å². The Hall–Kier alpha value is -3.26. The highest BCUT2D eigenvalue weighted by atomic mass is 16.3. The summed E-state index contributed by atoms with van der Waals surface area (Å²) in [4.78, 5) is 30.2. The van der Waals surface area contributed by atoms with Crippen molar-refractivity contribution in [3.63, 3.8) is 0 Å². The lowest BCUT2D eigenvalue weighted by molar-refractivity contribution is 0.0925. The van der Waals surface area contributed by atoms with Gasteiger partial charge in [0, 0.05) is 38.6 Å². The molecule has 8 nitrogen and oxygen atoms in total. The maximum atomic E-state index is 12.7. The van der Waals surface area contributed by atoms with E-state index in [2.05, 4.69) is 42.2 Å². The van der Waals surface area contributed by atoms with E-state index in [1.807, 2.05) is 24.3 Å². The number of anilines is 1. The monoisotopic (exact) mass is 404 g/mol. The number of aromatic nitrogens is 3. The van der Waals surface area contributed by atoms with Crippen LogP contribution in [0.1, 0.15) is 34.8 Å². The Morgan fingerprint density at radius 2 is 1.77 bits per heavy atom. The molecular formula is C22H24N6O2. The summed E-state index contributed by atoms with van der Waals surface area (Å²) in [5.74, 6) is 1.14. The molecule has 0 bridgehead atoms. The molecule has 8 heteroatoms. The van der Waals surface area contributed by atoms with E-state index in [0.29, 0.717) is 18.1 Å². The van der Waals surface area contributed by atoms with Gasteiger partial charge in [0.15, 0.2) is 5.69 Å². The summed E-state index contributed by atoms with van der Waals surface area (Å²) in [6.07, 6.45) is 6.88. The molecule has 5 rings (SSSR count). The van der Waals surface area contributed by atoms with Crippen molar-refractivity contribution >= 4 is 11.9 Å². The van der Waals surface area contributed by atoms with Gasteiger partial charge in [0.2, 0.25) is 11.8 Å². The van der Waals surface area contributed by atoms with Crippen LogP contribution in [0.5, 0.6) is 0 Å². The van der Waals surface area contributed by atoms with Crippen molar-refractivity contribution in [1.82, 2.24) is 25.2 Å². The van der Waals surface area contributed by atoms with E-state index in [1.165, 1.54) is 6.26 Å². The fourth-order valence-electron chi connectivity index (χ4n) is 3.89. The smallest absolute Gasteiger partial charge is 0.273 e. The Balaban J connectivity index is 1.16. The quantitative estimate of drug-likeness (QED) is 0.674. The Morgan fingerprint density at radius 3 is 2.47 bits per heavy atom. The minimum Gasteiger partial charge on any atom is -0.447 e. The number of piperazine rings is 1. The van der Waals surface area contributed by atoms with Gasteiger partial charge in [0.1, 0.15) is 6.26 Å². The highest BCUT2D eigenvalue weighted by Crippen LogP contribution is 2.45. The molecule has 0 atom stereocenters. The lowest BCUT2D eigenvalue weighted by Crippen LogP contribution is -2.46. The first-order chi connectivity index (χ1) is 14.7. The molecule has 2 aromatic heterocycles. The van der Waals surface area contributed by atoms with E-state index in [9.17, 15) is 4.79 Å². The van der Waals surface area contributed by atoms with Crippen LogP contribution >= 0.6 is 0 Å². The number of nitrogens with one attached hydrogen (secondary N) is 1. The van der Waals surface area contributed by atoms with Crippen molar-refractivity contribution in [3.05, 3.63) is 72.2 Å². The molecule has 2 aliphatic rings. The van der Waals surface area contributed by atoms with Gasteiger partial charge in [-0.1, -0.05) is 30.3 Å². The largest absolute Gasteiger partial charge is 0.447 e. The SMILES string of the molecule is O=C(NC1(c2ccccc2)CC1)c1coc(CN2CCN(c3ncccn3)CC2)n1. The summed E-state index contributed by atoms with van der Waals surface area (Å²) in [6.45, 7) is 3.99. The second-order valence-corrected chi connectivity index (χ2v) is 7.84. The topological polar surface area (TPSA) is 87.4 Å². The van der Waals surface area contributed by atoms with E-state index in [4.69, 9.17) is 4.42 Å². The van der Waals surface area contributed by atoms with Gasteiger partial charge in [0.25, 0.3) is 5.91 Å². The van der Waals surface area contributed by atoms with Crippen LogP contribution in [0.25, 0.3) is 0 Å². The average Bonchev–Trinajstić information content (AvgIpc) is 3.43. The first-order valence-corrected chi connectivity index (χ1v) is 10.3. The van der Waals surface area contributed by atoms with Crippen LogP contribution in [0.4, 0.5) is 5.95 Å². The van der Waals surface area contributed by atoms with Crippen molar-refractivity contribution in [2.75, 3.05) is 31.1 Å². The molecule has 1 aliphatic carbocycles. The Kier molecular flexibility index (Phi) is 4.92.